The minimum atomic E-state index is -0.314. The number of amides is 1. The molecule has 6 heteroatoms. The smallest absolute Gasteiger partial charge is 0.255 e. The Balaban J connectivity index is 1.48. The molecule has 0 radical (unpaired) electrons. The fraction of sp³-hybridized carbons (Fsp3) is 0.107. The summed E-state index contributed by atoms with van der Waals surface area (Å²) < 4.78 is 17.4. The standard InChI is InChI=1S/C28H24ClNO4/c1-2-32-27-25(29)17-21(18-26(27)33-19-20-9-5-3-6-10-20)28(31)30-22-13-15-24(16-14-22)34-23-11-7-4-8-12-23/h3-18H,2,19H2,1H3,(H,30,31). The molecule has 4 aromatic rings. The molecule has 0 aromatic heterocycles. The highest BCUT2D eigenvalue weighted by molar-refractivity contribution is 6.32. The van der Waals surface area contributed by atoms with Gasteiger partial charge >= 0.3 is 0 Å². The number of ether oxygens (including phenoxy) is 3. The first-order valence-corrected chi connectivity index (χ1v) is 11.3. The Morgan fingerprint density at radius 3 is 2.15 bits per heavy atom. The van der Waals surface area contributed by atoms with E-state index in [4.69, 9.17) is 25.8 Å². The van der Waals surface area contributed by atoms with E-state index in [0.717, 1.165) is 11.3 Å². The van der Waals surface area contributed by atoms with Crippen molar-refractivity contribution in [3.63, 3.8) is 0 Å². The number of halogens is 1. The highest BCUT2D eigenvalue weighted by Gasteiger charge is 2.17. The van der Waals surface area contributed by atoms with E-state index in [2.05, 4.69) is 5.32 Å². The number of para-hydroxylation sites is 1. The maximum absolute atomic E-state index is 12.9. The van der Waals surface area contributed by atoms with Gasteiger partial charge in [-0.2, -0.15) is 0 Å². The molecule has 0 saturated heterocycles. The molecule has 0 spiro atoms. The molecule has 0 unspecified atom stereocenters. The second-order valence-electron chi connectivity index (χ2n) is 7.39. The van der Waals surface area contributed by atoms with Crippen molar-refractivity contribution < 1.29 is 19.0 Å². The monoisotopic (exact) mass is 473 g/mol. The third kappa shape index (κ3) is 6.09. The number of hydrogen-bond acceptors (Lipinski definition) is 4. The fourth-order valence-electron chi connectivity index (χ4n) is 3.26. The molecule has 0 aliphatic heterocycles. The van der Waals surface area contributed by atoms with Crippen LogP contribution in [0.5, 0.6) is 23.0 Å². The van der Waals surface area contributed by atoms with Gasteiger partial charge in [0.2, 0.25) is 0 Å². The third-order valence-corrected chi connectivity index (χ3v) is 5.17. The van der Waals surface area contributed by atoms with Crippen LogP contribution in [0.25, 0.3) is 0 Å². The maximum atomic E-state index is 12.9. The van der Waals surface area contributed by atoms with Crippen LogP contribution >= 0.6 is 11.6 Å². The average molecular weight is 474 g/mol. The highest BCUT2D eigenvalue weighted by Crippen LogP contribution is 2.37. The van der Waals surface area contributed by atoms with Gasteiger partial charge in [0.05, 0.1) is 11.6 Å². The lowest BCUT2D eigenvalue weighted by atomic mass is 10.1. The van der Waals surface area contributed by atoms with Gasteiger partial charge in [0.1, 0.15) is 18.1 Å². The van der Waals surface area contributed by atoms with E-state index in [1.54, 1.807) is 36.4 Å². The van der Waals surface area contributed by atoms with Crippen LogP contribution in [0.1, 0.15) is 22.8 Å². The van der Waals surface area contributed by atoms with E-state index < -0.39 is 0 Å². The topological polar surface area (TPSA) is 56.8 Å². The van der Waals surface area contributed by atoms with Crippen LogP contribution < -0.4 is 19.5 Å². The molecule has 1 amide bonds. The molecule has 4 aromatic carbocycles. The Kier molecular flexibility index (Phi) is 7.68. The number of anilines is 1. The predicted molar refractivity (Wildman–Crippen MR) is 134 cm³/mol. The summed E-state index contributed by atoms with van der Waals surface area (Å²) in [6, 6.07) is 29.6. The Labute approximate surface area is 203 Å². The molecule has 4 rings (SSSR count). The van der Waals surface area contributed by atoms with Crippen molar-refractivity contribution in [2.45, 2.75) is 13.5 Å². The summed E-state index contributed by atoms with van der Waals surface area (Å²) in [5.74, 6) is 1.93. The summed E-state index contributed by atoms with van der Waals surface area (Å²) in [4.78, 5) is 12.9. The van der Waals surface area contributed by atoms with Gasteiger partial charge in [-0.1, -0.05) is 60.1 Å². The van der Waals surface area contributed by atoms with Crippen LogP contribution in [0.4, 0.5) is 5.69 Å². The molecule has 0 atom stereocenters. The molecule has 0 aliphatic carbocycles. The van der Waals surface area contributed by atoms with E-state index in [1.165, 1.54) is 0 Å². The zero-order valence-electron chi connectivity index (χ0n) is 18.7. The Morgan fingerprint density at radius 2 is 1.47 bits per heavy atom. The lowest BCUT2D eigenvalue weighted by molar-refractivity contribution is 0.102. The number of nitrogens with one attached hydrogen (secondary N) is 1. The summed E-state index contributed by atoms with van der Waals surface area (Å²) in [5, 5.41) is 3.19. The minimum absolute atomic E-state index is 0.309. The fourth-order valence-corrected chi connectivity index (χ4v) is 3.53. The van der Waals surface area contributed by atoms with Crippen LogP contribution in [0, 0.1) is 0 Å². The van der Waals surface area contributed by atoms with Crippen molar-refractivity contribution in [2.24, 2.45) is 0 Å². The molecule has 0 aliphatic rings. The first-order chi connectivity index (χ1) is 16.6. The average Bonchev–Trinajstić information content (AvgIpc) is 2.86. The van der Waals surface area contributed by atoms with Crippen molar-refractivity contribution in [3.05, 3.63) is 113 Å². The van der Waals surface area contributed by atoms with Gasteiger partial charge < -0.3 is 19.5 Å². The molecule has 1 N–H and O–H groups in total. The van der Waals surface area contributed by atoms with Crippen LogP contribution in [0.15, 0.2) is 97.1 Å². The first-order valence-electron chi connectivity index (χ1n) is 10.9. The highest BCUT2D eigenvalue weighted by atomic mass is 35.5. The Hall–Kier alpha value is -3.96. The predicted octanol–water partition coefficient (Wildman–Crippen LogP) is 7.36. The summed E-state index contributed by atoms with van der Waals surface area (Å²) in [6.07, 6.45) is 0. The van der Waals surface area contributed by atoms with Crippen molar-refractivity contribution in [3.8, 4) is 23.0 Å². The Morgan fingerprint density at radius 1 is 0.824 bits per heavy atom. The number of rotatable bonds is 9. The Bertz CT molecular complexity index is 1230. The van der Waals surface area contributed by atoms with Crippen LogP contribution in [-0.2, 0) is 6.61 Å². The van der Waals surface area contributed by atoms with Gasteiger partial charge in [-0.25, -0.2) is 0 Å². The molecule has 172 valence electrons. The molecular weight excluding hydrogens is 450 g/mol. The van der Waals surface area contributed by atoms with Crippen molar-refractivity contribution in [1.29, 1.82) is 0 Å². The summed E-state index contributed by atoms with van der Waals surface area (Å²) in [6.45, 7) is 2.61. The molecule has 0 fully saturated rings. The number of benzene rings is 4. The van der Waals surface area contributed by atoms with Crippen LogP contribution in [0.3, 0.4) is 0 Å². The van der Waals surface area contributed by atoms with Crippen molar-refractivity contribution in [2.75, 3.05) is 11.9 Å². The molecular formula is C28H24ClNO4. The lowest BCUT2D eigenvalue weighted by Gasteiger charge is -2.15. The third-order valence-electron chi connectivity index (χ3n) is 4.89. The van der Waals surface area contributed by atoms with E-state index in [9.17, 15) is 4.79 Å². The second kappa shape index (κ2) is 11.3. The van der Waals surface area contributed by atoms with E-state index in [1.807, 2.05) is 67.6 Å². The van der Waals surface area contributed by atoms with E-state index in [-0.39, 0.29) is 5.91 Å². The van der Waals surface area contributed by atoms with Crippen LogP contribution in [-0.4, -0.2) is 12.5 Å². The second-order valence-corrected chi connectivity index (χ2v) is 7.79. The normalized spacial score (nSPS) is 10.4. The van der Waals surface area contributed by atoms with Gasteiger partial charge in [-0.15, -0.1) is 0 Å². The van der Waals surface area contributed by atoms with Gasteiger partial charge in [0.25, 0.3) is 5.91 Å². The quantitative estimate of drug-likeness (QED) is 0.276. The van der Waals surface area contributed by atoms with Crippen molar-refractivity contribution >= 4 is 23.2 Å². The van der Waals surface area contributed by atoms with Gasteiger partial charge in [-0.05, 0) is 61.0 Å². The zero-order valence-corrected chi connectivity index (χ0v) is 19.4. The summed E-state index contributed by atoms with van der Waals surface area (Å²) in [5.41, 5.74) is 1.98. The zero-order chi connectivity index (χ0) is 23.8. The van der Waals surface area contributed by atoms with Gasteiger partial charge in [0.15, 0.2) is 11.5 Å². The maximum Gasteiger partial charge on any atom is 0.255 e. The molecule has 0 saturated carbocycles. The van der Waals surface area contributed by atoms with E-state index in [0.29, 0.717) is 46.7 Å². The van der Waals surface area contributed by atoms with Gasteiger partial charge in [0, 0.05) is 11.3 Å². The lowest BCUT2D eigenvalue weighted by Crippen LogP contribution is -2.12. The SMILES string of the molecule is CCOc1c(Cl)cc(C(=O)Nc2ccc(Oc3ccccc3)cc2)cc1OCc1ccccc1. The van der Waals surface area contributed by atoms with Crippen molar-refractivity contribution in [1.82, 2.24) is 0 Å². The minimum Gasteiger partial charge on any atom is -0.488 e. The number of carbonyl (C=O) groups is 1. The molecule has 0 heterocycles. The molecule has 34 heavy (non-hydrogen) atoms. The molecule has 5 nitrogen and oxygen atoms in total. The van der Waals surface area contributed by atoms with Gasteiger partial charge in [-0.3, -0.25) is 4.79 Å². The van der Waals surface area contributed by atoms with E-state index >= 15 is 0 Å². The number of hydrogen-bond donors (Lipinski definition) is 1. The largest absolute Gasteiger partial charge is 0.488 e. The number of carbonyl (C=O) groups excluding carboxylic acids is 1. The summed E-state index contributed by atoms with van der Waals surface area (Å²) in [7, 11) is 0. The van der Waals surface area contributed by atoms with Crippen LogP contribution in [0.2, 0.25) is 5.02 Å². The first kappa shape index (κ1) is 23.2. The molecule has 0 bridgehead atoms. The summed E-state index contributed by atoms with van der Waals surface area (Å²) >= 11 is 6.44.